The van der Waals surface area contributed by atoms with Crippen LogP contribution < -0.4 is 0 Å². The molecule has 208 valence electrons. The van der Waals surface area contributed by atoms with Gasteiger partial charge in [-0.3, -0.25) is 0 Å². The molecule has 0 spiro atoms. The van der Waals surface area contributed by atoms with Crippen LogP contribution in [0.5, 0.6) is 0 Å². The van der Waals surface area contributed by atoms with Gasteiger partial charge < -0.3 is 4.42 Å². The number of rotatable bonds is 2. The van der Waals surface area contributed by atoms with E-state index >= 15 is 0 Å². The molecule has 0 unspecified atom stereocenters. The highest BCUT2D eigenvalue weighted by Crippen LogP contribution is 2.45. The lowest BCUT2D eigenvalue weighted by molar-refractivity contribution is 0.672. The van der Waals surface area contributed by atoms with Gasteiger partial charge >= 0.3 is 0 Å². The normalized spacial score (nSPS) is 12.0. The molecule has 10 aromatic rings. The summed E-state index contributed by atoms with van der Waals surface area (Å²) in [5, 5.41) is 14.8. The van der Waals surface area contributed by atoms with E-state index in [0.29, 0.717) is 0 Å². The predicted octanol–water partition coefficient (Wildman–Crippen LogP) is 12.7. The van der Waals surface area contributed by atoms with Crippen LogP contribution in [0.25, 0.3) is 98.1 Å². The number of fused-ring (bicyclic) bond motifs is 10. The van der Waals surface area contributed by atoms with Gasteiger partial charge in [0.2, 0.25) is 0 Å². The molecule has 1 heteroatoms. The molecule has 0 saturated carbocycles. The minimum atomic E-state index is 0.915. The van der Waals surface area contributed by atoms with Crippen LogP contribution >= 0.6 is 0 Å². The maximum absolute atomic E-state index is 6.47. The van der Waals surface area contributed by atoms with E-state index in [1.54, 1.807) is 0 Å². The largest absolute Gasteiger partial charge is 0.455 e. The molecule has 0 bridgehead atoms. The average Bonchev–Trinajstić information content (AvgIpc) is 3.49. The lowest BCUT2D eigenvalue weighted by Gasteiger charge is -2.18. The zero-order chi connectivity index (χ0) is 29.5. The third-order valence-electron chi connectivity index (χ3n) is 9.62. The first-order valence-electron chi connectivity index (χ1n) is 15.5. The van der Waals surface area contributed by atoms with Crippen LogP contribution in [-0.2, 0) is 0 Å². The fraction of sp³-hybridized carbons (Fsp3) is 0. The highest BCUT2D eigenvalue weighted by Gasteiger charge is 2.18. The topological polar surface area (TPSA) is 13.1 Å². The first-order chi connectivity index (χ1) is 22.3. The summed E-state index contributed by atoms with van der Waals surface area (Å²) in [6, 6.07) is 57.4. The van der Waals surface area contributed by atoms with Crippen molar-refractivity contribution in [1.29, 1.82) is 0 Å². The highest BCUT2D eigenvalue weighted by molar-refractivity contribution is 6.23. The molecule has 0 amide bonds. The van der Waals surface area contributed by atoms with Gasteiger partial charge in [-0.25, -0.2) is 0 Å². The van der Waals surface area contributed by atoms with Gasteiger partial charge in [0.25, 0.3) is 0 Å². The fourth-order valence-corrected chi connectivity index (χ4v) is 7.57. The summed E-state index contributed by atoms with van der Waals surface area (Å²) in [5.41, 5.74) is 6.84. The van der Waals surface area contributed by atoms with Gasteiger partial charge in [-0.05, 0) is 95.0 Å². The second-order valence-corrected chi connectivity index (χ2v) is 12.0. The first kappa shape index (κ1) is 24.5. The van der Waals surface area contributed by atoms with Gasteiger partial charge in [0.05, 0.1) is 0 Å². The average molecular weight is 571 g/mol. The van der Waals surface area contributed by atoms with E-state index in [4.69, 9.17) is 4.42 Å². The maximum Gasteiger partial charge on any atom is 0.143 e. The molecule has 0 N–H and O–H groups in total. The maximum atomic E-state index is 6.47. The molecule has 0 saturated heterocycles. The van der Waals surface area contributed by atoms with Crippen molar-refractivity contribution in [2.75, 3.05) is 0 Å². The van der Waals surface area contributed by atoms with Crippen LogP contribution in [0.3, 0.4) is 0 Å². The molecule has 0 atom stereocenters. The van der Waals surface area contributed by atoms with Crippen LogP contribution in [0.2, 0.25) is 0 Å². The van der Waals surface area contributed by atoms with Gasteiger partial charge in [-0.1, -0.05) is 133 Å². The fourth-order valence-electron chi connectivity index (χ4n) is 7.57. The molecule has 1 heterocycles. The van der Waals surface area contributed by atoms with Crippen molar-refractivity contribution in [2.24, 2.45) is 0 Å². The molecular formula is C44H26O. The molecule has 1 aromatic heterocycles. The number of benzene rings is 9. The summed E-state index contributed by atoms with van der Waals surface area (Å²) in [6.07, 6.45) is 0. The van der Waals surface area contributed by atoms with Crippen molar-refractivity contribution in [3.05, 3.63) is 158 Å². The van der Waals surface area contributed by atoms with Gasteiger partial charge in [-0.15, -0.1) is 0 Å². The Hall–Kier alpha value is -5.92. The predicted molar refractivity (Wildman–Crippen MR) is 192 cm³/mol. The van der Waals surface area contributed by atoms with Crippen molar-refractivity contribution < 1.29 is 4.42 Å². The molecule has 0 aliphatic carbocycles. The summed E-state index contributed by atoms with van der Waals surface area (Å²) in [6.45, 7) is 0. The third-order valence-corrected chi connectivity index (χ3v) is 9.62. The van der Waals surface area contributed by atoms with E-state index in [0.717, 1.165) is 27.3 Å². The molecule has 45 heavy (non-hydrogen) atoms. The van der Waals surface area contributed by atoms with E-state index in [2.05, 4.69) is 158 Å². The first-order valence-corrected chi connectivity index (χ1v) is 15.5. The zero-order valence-electron chi connectivity index (χ0n) is 24.4. The van der Waals surface area contributed by atoms with E-state index in [1.165, 1.54) is 70.7 Å². The Morgan fingerprint density at radius 3 is 1.38 bits per heavy atom. The molecule has 0 aliphatic heterocycles. The summed E-state index contributed by atoms with van der Waals surface area (Å²) in [4.78, 5) is 0. The van der Waals surface area contributed by atoms with E-state index < -0.39 is 0 Å². The minimum Gasteiger partial charge on any atom is -0.455 e. The monoisotopic (exact) mass is 570 g/mol. The van der Waals surface area contributed by atoms with Gasteiger partial charge in [0.1, 0.15) is 11.2 Å². The van der Waals surface area contributed by atoms with Crippen LogP contribution in [0.1, 0.15) is 0 Å². The minimum absolute atomic E-state index is 0.915. The standard InChI is InChI=1S/C44H26O/c1-3-11-32-27(9-1)17-18-29-19-20-30(25-39(29)32)42-34-13-5-7-15-36(34)43(37-16-8-6-14-35(37)42)31-22-24-41-40(26-31)38-23-21-28-10-2-4-12-33(28)44(38)45-41/h1-26H. The Kier molecular flexibility index (Phi) is 5.06. The third kappa shape index (κ3) is 3.56. The Bertz CT molecular complexity index is 2760. The Balaban J connectivity index is 1.27. The van der Waals surface area contributed by atoms with E-state index in [9.17, 15) is 0 Å². The summed E-state index contributed by atoms with van der Waals surface area (Å²) < 4.78 is 6.47. The van der Waals surface area contributed by atoms with E-state index in [1.807, 2.05) is 0 Å². The molecule has 0 aliphatic rings. The number of furan rings is 1. The van der Waals surface area contributed by atoms with Crippen LogP contribution in [0, 0.1) is 0 Å². The van der Waals surface area contributed by atoms with E-state index in [-0.39, 0.29) is 0 Å². The quantitative estimate of drug-likeness (QED) is 0.149. The number of hydrogen-bond acceptors (Lipinski definition) is 1. The molecule has 9 aromatic carbocycles. The van der Waals surface area contributed by atoms with Crippen molar-refractivity contribution in [1.82, 2.24) is 0 Å². The Morgan fingerprint density at radius 2 is 0.733 bits per heavy atom. The molecule has 10 rings (SSSR count). The molecule has 0 fully saturated rings. The SMILES string of the molecule is c1ccc2c(c1)ccc1ccc(-c3c4ccccc4c(-c4ccc5oc6c7ccccc7ccc6c5c4)c4ccccc34)cc12. The van der Waals surface area contributed by atoms with Crippen LogP contribution in [0.4, 0.5) is 0 Å². The Morgan fingerprint density at radius 1 is 0.289 bits per heavy atom. The second kappa shape index (κ2) is 9.29. The highest BCUT2D eigenvalue weighted by atomic mass is 16.3. The van der Waals surface area contributed by atoms with Gasteiger partial charge in [0, 0.05) is 16.2 Å². The Labute approximate surface area is 259 Å². The van der Waals surface area contributed by atoms with Gasteiger partial charge in [-0.2, -0.15) is 0 Å². The molecule has 0 radical (unpaired) electrons. The van der Waals surface area contributed by atoms with Crippen molar-refractivity contribution in [3.8, 4) is 22.3 Å². The molecular weight excluding hydrogens is 544 g/mol. The zero-order valence-corrected chi connectivity index (χ0v) is 24.4. The van der Waals surface area contributed by atoms with Gasteiger partial charge in [0.15, 0.2) is 0 Å². The lowest BCUT2D eigenvalue weighted by Crippen LogP contribution is -1.91. The summed E-state index contributed by atoms with van der Waals surface area (Å²) in [5.74, 6) is 0. The summed E-state index contributed by atoms with van der Waals surface area (Å²) >= 11 is 0. The van der Waals surface area contributed by atoms with Crippen molar-refractivity contribution in [2.45, 2.75) is 0 Å². The lowest BCUT2D eigenvalue weighted by atomic mass is 9.85. The van der Waals surface area contributed by atoms with Crippen molar-refractivity contribution >= 4 is 75.8 Å². The summed E-state index contributed by atoms with van der Waals surface area (Å²) in [7, 11) is 0. The second-order valence-electron chi connectivity index (χ2n) is 12.0. The van der Waals surface area contributed by atoms with Crippen molar-refractivity contribution in [3.63, 3.8) is 0 Å². The smallest absolute Gasteiger partial charge is 0.143 e. The number of hydrogen-bond donors (Lipinski definition) is 0. The molecule has 1 nitrogen and oxygen atoms in total. The van der Waals surface area contributed by atoms with Crippen LogP contribution in [0.15, 0.2) is 162 Å². The van der Waals surface area contributed by atoms with Crippen LogP contribution in [-0.4, -0.2) is 0 Å².